The number of rotatable bonds is 5. The average Bonchev–Trinajstić information content (AvgIpc) is 2.88. The molecule has 1 fully saturated rings. The van der Waals surface area contributed by atoms with E-state index in [1.807, 2.05) is 18.3 Å². The van der Waals surface area contributed by atoms with Crippen LogP contribution in [0.3, 0.4) is 0 Å². The molecule has 127 valence electrons. The van der Waals surface area contributed by atoms with Crippen LogP contribution in [0.25, 0.3) is 0 Å². The fraction of sp³-hybridized carbons (Fsp3) is 0.722. The van der Waals surface area contributed by atoms with Crippen LogP contribution in [-0.2, 0) is 9.16 Å². The molecule has 0 spiro atoms. The van der Waals surface area contributed by atoms with Crippen molar-refractivity contribution in [2.45, 2.75) is 58.8 Å². The van der Waals surface area contributed by atoms with Crippen LogP contribution < -0.4 is 0 Å². The Hall–Kier alpha value is -0.753. The fourth-order valence-electron chi connectivity index (χ4n) is 3.42. The number of aliphatic hydroxyl groups excluding tert-OH is 1. The van der Waals surface area contributed by atoms with Gasteiger partial charge >= 0.3 is 0 Å². The molecule has 5 heteroatoms. The van der Waals surface area contributed by atoms with Gasteiger partial charge in [-0.05, 0) is 36.3 Å². The molecule has 23 heavy (non-hydrogen) atoms. The molecule has 1 saturated heterocycles. The maximum atomic E-state index is 10.5. The first-order valence-corrected chi connectivity index (χ1v) is 8.65. The smallest absolute Gasteiger partial charge is 0.247 e. The molecule has 0 aromatic carbocycles. The van der Waals surface area contributed by atoms with Crippen LogP contribution in [0.2, 0.25) is 0 Å². The van der Waals surface area contributed by atoms with Crippen LogP contribution in [0.5, 0.6) is 0 Å². The van der Waals surface area contributed by atoms with Gasteiger partial charge in [0.1, 0.15) is 0 Å². The first-order chi connectivity index (χ1) is 10.7. The largest absolute Gasteiger partial charge is 0.413 e. The Labute approximate surface area is 143 Å². The fourth-order valence-corrected chi connectivity index (χ4v) is 3.81. The highest BCUT2D eigenvalue weighted by molar-refractivity contribution is 5.98. The van der Waals surface area contributed by atoms with E-state index in [2.05, 4.69) is 50.1 Å². The molecule has 1 aliphatic rings. The minimum absolute atomic E-state index is 0.0303. The zero-order valence-corrected chi connectivity index (χ0v) is 15.7. The summed E-state index contributed by atoms with van der Waals surface area (Å²) in [7, 11) is 3.27. The molecule has 5 atom stereocenters. The number of aromatic nitrogens is 1. The second-order valence-electron chi connectivity index (χ2n) is 7.95. The van der Waals surface area contributed by atoms with Gasteiger partial charge in [0, 0.05) is 18.3 Å². The van der Waals surface area contributed by atoms with E-state index in [1.54, 1.807) is 6.20 Å². The van der Waals surface area contributed by atoms with Crippen LogP contribution in [0, 0.1) is 17.3 Å². The Bertz CT molecular complexity index is 505. The SMILES string of the molecule is CC(CC(C)(O[Si])C(C)(C)C)[C@@H]1[C@@H](c2cccnc2)OC[C@@H]1O. The lowest BCUT2D eigenvalue weighted by Gasteiger charge is -2.44. The van der Waals surface area contributed by atoms with E-state index in [0.29, 0.717) is 6.61 Å². The molecule has 1 aliphatic heterocycles. The van der Waals surface area contributed by atoms with E-state index < -0.39 is 6.10 Å². The molecular weight excluding hydrogens is 306 g/mol. The average molecular weight is 335 g/mol. The Morgan fingerprint density at radius 1 is 1.43 bits per heavy atom. The van der Waals surface area contributed by atoms with Gasteiger partial charge in [0.2, 0.25) is 10.5 Å². The lowest BCUT2D eigenvalue weighted by molar-refractivity contribution is -0.0454. The van der Waals surface area contributed by atoms with Gasteiger partial charge in [0.15, 0.2) is 0 Å². The van der Waals surface area contributed by atoms with Gasteiger partial charge in [-0.1, -0.05) is 33.8 Å². The molecule has 1 N–H and O–H groups in total. The Morgan fingerprint density at radius 3 is 2.65 bits per heavy atom. The van der Waals surface area contributed by atoms with Gasteiger partial charge in [-0.2, -0.15) is 0 Å². The molecule has 2 rings (SSSR count). The molecule has 1 aromatic heterocycles. The highest BCUT2D eigenvalue weighted by Gasteiger charge is 2.45. The lowest BCUT2D eigenvalue weighted by atomic mass is 9.69. The van der Waals surface area contributed by atoms with Gasteiger partial charge in [-0.3, -0.25) is 4.98 Å². The maximum absolute atomic E-state index is 10.5. The number of nitrogens with zero attached hydrogens (tertiary/aromatic N) is 1. The van der Waals surface area contributed by atoms with Crippen LogP contribution in [0.15, 0.2) is 24.5 Å². The van der Waals surface area contributed by atoms with Crippen LogP contribution >= 0.6 is 0 Å². The lowest BCUT2D eigenvalue weighted by Crippen LogP contribution is -2.45. The van der Waals surface area contributed by atoms with Crippen molar-refractivity contribution in [2.24, 2.45) is 17.3 Å². The van der Waals surface area contributed by atoms with Gasteiger partial charge in [-0.25, -0.2) is 0 Å². The first-order valence-electron chi connectivity index (χ1n) is 8.24. The Kier molecular flexibility index (Phi) is 5.66. The minimum atomic E-state index is -0.464. The second kappa shape index (κ2) is 7.01. The number of hydrogen-bond donors (Lipinski definition) is 1. The minimum Gasteiger partial charge on any atom is -0.413 e. The zero-order chi connectivity index (χ0) is 17.3. The number of pyridine rings is 1. The predicted molar refractivity (Wildman–Crippen MR) is 90.9 cm³/mol. The highest BCUT2D eigenvalue weighted by Crippen LogP contribution is 2.45. The second-order valence-corrected chi connectivity index (χ2v) is 8.15. The third-order valence-electron chi connectivity index (χ3n) is 5.43. The molecule has 0 aliphatic carbocycles. The van der Waals surface area contributed by atoms with Crippen LogP contribution in [-0.4, -0.2) is 38.9 Å². The number of aliphatic hydroxyl groups is 1. The molecule has 3 radical (unpaired) electrons. The van der Waals surface area contributed by atoms with Crippen molar-refractivity contribution in [2.75, 3.05) is 6.61 Å². The summed E-state index contributed by atoms with van der Waals surface area (Å²) in [4.78, 5) is 4.18. The van der Waals surface area contributed by atoms with E-state index in [0.717, 1.165) is 12.0 Å². The summed E-state index contributed by atoms with van der Waals surface area (Å²) in [5.74, 6) is 0.265. The number of ether oxygens (including phenoxy) is 1. The third-order valence-corrected chi connectivity index (χ3v) is 5.88. The molecular formula is C18H28NO3Si. The normalized spacial score (nSPS) is 29.3. The van der Waals surface area contributed by atoms with Crippen molar-refractivity contribution in [1.29, 1.82) is 0 Å². The molecule has 1 aromatic rings. The molecule has 0 amide bonds. The summed E-state index contributed by atoms with van der Waals surface area (Å²) < 4.78 is 11.6. The van der Waals surface area contributed by atoms with Crippen molar-refractivity contribution < 1.29 is 14.3 Å². The maximum Gasteiger partial charge on any atom is 0.247 e. The van der Waals surface area contributed by atoms with Gasteiger partial charge in [0.25, 0.3) is 0 Å². The molecule has 4 nitrogen and oxygen atoms in total. The molecule has 2 heterocycles. The van der Waals surface area contributed by atoms with E-state index >= 15 is 0 Å². The van der Waals surface area contributed by atoms with E-state index in [-0.39, 0.29) is 29.0 Å². The quantitative estimate of drug-likeness (QED) is 0.841. The van der Waals surface area contributed by atoms with Crippen molar-refractivity contribution in [3.05, 3.63) is 30.1 Å². The zero-order valence-electron chi connectivity index (χ0n) is 14.7. The van der Waals surface area contributed by atoms with E-state index in [1.165, 1.54) is 0 Å². The van der Waals surface area contributed by atoms with Gasteiger partial charge in [0.05, 0.1) is 24.4 Å². The summed E-state index contributed by atoms with van der Waals surface area (Å²) in [6.45, 7) is 11.1. The van der Waals surface area contributed by atoms with Crippen molar-refractivity contribution in [3.8, 4) is 0 Å². The molecule has 0 bridgehead atoms. The van der Waals surface area contributed by atoms with Crippen molar-refractivity contribution >= 4 is 10.5 Å². The van der Waals surface area contributed by atoms with Crippen molar-refractivity contribution in [1.82, 2.24) is 4.98 Å². The summed E-state index contributed by atoms with van der Waals surface area (Å²) >= 11 is 0. The standard InChI is InChI=1S/C18H28NO3Si/c1-12(9-18(5,22-23)17(2,3)4)15-14(20)11-21-16(15)13-7-6-8-19-10-13/h6-8,10,12,14-16,20H,9,11H2,1-5H3/t12?,14-,15-,16+,18?/m0/s1. The number of hydrogen-bond acceptors (Lipinski definition) is 4. The Morgan fingerprint density at radius 2 is 2.13 bits per heavy atom. The summed E-state index contributed by atoms with van der Waals surface area (Å²) in [5, 5.41) is 10.5. The monoisotopic (exact) mass is 334 g/mol. The topological polar surface area (TPSA) is 51.6 Å². The van der Waals surface area contributed by atoms with E-state index in [4.69, 9.17) is 9.16 Å². The highest BCUT2D eigenvalue weighted by atomic mass is 28.2. The first kappa shape index (κ1) is 18.6. The Balaban J connectivity index is 2.20. The summed E-state index contributed by atoms with van der Waals surface area (Å²) in [5.41, 5.74) is 0.653. The molecule has 2 unspecified atom stereocenters. The summed E-state index contributed by atoms with van der Waals surface area (Å²) in [6.07, 6.45) is 3.82. The van der Waals surface area contributed by atoms with Gasteiger partial charge in [-0.15, -0.1) is 0 Å². The van der Waals surface area contributed by atoms with Crippen LogP contribution in [0.4, 0.5) is 0 Å². The third kappa shape index (κ3) is 3.84. The molecule has 0 saturated carbocycles. The van der Waals surface area contributed by atoms with Gasteiger partial charge < -0.3 is 14.3 Å². The predicted octanol–water partition coefficient (Wildman–Crippen LogP) is 3.06. The van der Waals surface area contributed by atoms with Crippen LogP contribution in [0.1, 0.15) is 52.7 Å². The summed E-state index contributed by atoms with van der Waals surface area (Å²) in [6, 6.07) is 3.92. The van der Waals surface area contributed by atoms with Crippen molar-refractivity contribution in [3.63, 3.8) is 0 Å². The van der Waals surface area contributed by atoms with E-state index in [9.17, 15) is 5.11 Å².